The second-order valence-electron chi connectivity index (χ2n) is 4.44. The molecule has 0 spiro atoms. The maximum Gasteiger partial charge on any atom is 0.321 e. The number of urea groups is 1. The number of amides is 3. The Morgan fingerprint density at radius 1 is 1.16 bits per heavy atom. The molecule has 0 aliphatic rings. The molecule has 3 N–H and O–H groups in total. The van der Waals surface area contributed by atoms with Crippen molar-refractivity contribution < 1.29 is 36.3 Å². The van der Waals surface area contributed by atoms with Gasteiger partial charge in [0, 0.05) is 6.54 Å². The zero-order valence-corrected chi connectivity index (χ0v) is 13.8. The molecular formula is C13H15F2N3O6S. The smallest absolute Gasteiger partial charge is 0.321 e. The standard InChI is InChI=1S/C13H15F2N3O6S/c1-2-16-13(21)18-10(19)7-24-11(20)6-17-25(22,23)12-8(14)4-3-5-9(12)15/h3-5,17H,2,6-7H2,1H3,(H2,16,18,19,21). The Labute approximate surface area is 141 Å². The number of hydrogen-bond donors (Lipinski definition) is 3. The lowest BCUT2D eigenvalue weighted by molar-refractivity contribution is -0.147. The minimum absolute atomic E-state index is 0.271. The van der Waals surface area contributed by atoms with Crippen LogP contribution in [0.25, 0.3) is 0 Å². The van der Waals surface area contributed by atoms with Gasteiger partial charge in [0.1, 0.15) is 18.2 Å². The van der Waals surface area contributed by atoms with Gasteiger partial charge in [-0.25, -0.2) is 22.0 Å². The van der Waals surface area contributed by atoms with Crippen LogP contribution in [-0.2, 0) is 24.3 Å². The van der Waals surface area contributed by atoms with Crippen LogP contribution >= 0.6 is 0 Å². The van der Waals surface area contributed by atoms with Crippen molar-refractivity contribution in [2.24, 2.45) is 0 Å². The van der Waals surface area contributed by atoms with Crippen LogP contribution in [-0.4, -0.2) is 46.0 Å². The number of esters is 1. The van der Waals surface area contributed by atoms with Crippen molar-refractivity contribution in [1.82, 2.24) is 15.4 Å². The van der Waals surface area contributed by atoms with E-state index in [0.29, 0.717) is 0 Å². The Bertz CT molecular complexity index is 749. The zero-order valence-electron chi connectivity index (χ0n) is 13.0. The van der Waals surface area contributed by atoms with Crippen molar-refractivity contribution >= 4 is 27.9 Å². The first-order chi connectivity index (χ1) is 11.7. The lowest BCUT2D eigenvalue weighted by Crippen LogP contribution is -2.41. The van der Waals surface area contributed by atoms with Crippen LogP contribution in [0.4, 0.5) is 13.6 Å². The molecule has 9 nitrogen and oxygen atoms in total. The third kappa shape index (κ3) is 6.43. The van der Waals surface area contributed by atoms with Crippen LogP contribution < -0.4 is 15.4 Å². The maximum absolute atomic E-state index is 13.4. The van der Waals surface area contributed by atoms with E-state index in [1.807, 2.05) is 5.32 Å². The highest BCUT2D eigenvalue weighted by Gasteiger charge is 2.24. The number of halogens is 2. The van der Waals surface area contributed by atoms with Crippen molar-refractivity contribution in [3.63, 3.8) is 0 Å². The number of nitrogens with one attached hydrogen (secondary N) is 3. The van der Waals surface area contributed by atoms with Crippen LogP contribution in [0.5, 0.6) is 0 Å². The molecule has 1 rings (SSSR count). The number of hydrogen-bond acceptors (Lipinski definition) is 6. The molecule has 0 unspecified atom stereocenters. The fraction of sp³-hybridized carbons (Fsp3) is 0.308. The molecule has 0 aromatic heterocycles. The fourth-order valence-electron chi connectivity index (χ4n) is 1.53. The largest absolute Gasteiger partial charge is 0.455 e. The van der Waals surface area contributed by atoms with E-state index in [1.165, 1.54) is 0 Å². The van der Waals surface area contributed by atoms with Gasteiger partial charge in [-0.1, -0.05) is 6.07 Å². The van der Waals surface area contributed by atoms with Crippen molar-refractivity contribution in [1.29, 1.82) is 0 Å². The van der Waals surface area contributed by atoms with Crippen LogP contribution in [0.3, 0.4) is 0 Å². The van der Waals surface area contributed by atoms with E-state index in [4.69, 9.17) is 0 Å². The minimum atomic E-state index is -4.65. The topological polar surface area (TPSA) is 131 Å². The molecule has 0 fully saturated rings. The van der Waals surface area contributed by atoms with Crippen molar-refractivity contribution in [2.75, 3.05) is 19.7 Å². The number of ether oxygens (including phenoxy) is 1. The second-order valence-corrected chi connectivity index (χ2v) is 6.15. The third-order valence-electron chi connectivity index (χ3n) is 2.55. The molecule has 3 amide bonds. The number of imide groups is 1. The van der Waals surface area contributed by atoms with Gasteiger partial charge in [-0.15, -0.1) is 0 Å². The van der Waals surface area contributed by atoms with Crippen LogP contribution in [0.1, 0.15) is 6.92 Å². The molecule has 138 valence electrons. The molecule has 0 radical (unpaired) electrons. The van der Waals surface area contributed by atoms with Gasteiger partial charge in [-0.3, -0.25) is 14.9 Å². The van der Waals surface area contributed by atoms with E-state index in [9.17, 15) is 31.6 Å². The Kier molecular flexibility index (Phi) is 7.39. The quantitative estimate of drug-likeness (QED) is 0.554. The normalized spacial score (nSPS) is 10.8. The van der Waals surface area contributed by atoms with Gasteiger partial charge in [0.05, 0.1) is 0 Å². The predicted octanol–water partition coefficient (Wildman–Crippen LogP) is -0.368. The molecule has 0 aliphatic heterocycles. The summed E-state index contributed by atoms with van der Waals surface area (Å²) >= 11 is 0. The first kappa shape index (κ1) is 20.4. The Morgan fingerprint density at radius 2 is 1.76 bits per heavy atom. The third-order valence-corrected chi connectivity index (χ3v) is 4.00. The Hall–Kier alpha value is -2.60. The first-order valence-electron chi connectivity index (χ1n) is 6.84. The molecule has 25 heavy (non-hydrogen) atoms. The number of carbonyl (C=O) groups excluding carboxylic acids is 3. The lowest BCUT2D eigenvalue weighted by atomic mass is 10.3. The molecule has 1 aromatic rings. The number of rotatable bonds is 7. The van der Waals surface area contributed by atoms with Gasteiger partial charge < -0.3 is 10.1 Å². The maximum atomic E-state index is 13.4. The average molecular weight is 379 g/mol. The molecule has 1 aromatic carbocycles. The summed E-state index contributed by atoms with van der Waals surface area (Å²) in [5.41, 5.74) is 0. The monoisotopic (exact) mass is 379 g/mol. The van der Waals surface area contributed by atoms with Gasteiger partial charge >= 0.3 is 12.0 Å². The number of sulfonamides is 1. The van der Waals surface area contributed by atoms with Crippen LogP contribution in [0.2, 0.25) is 0 Å². The van der Waals surface area contributed by atoms with Crippen molar-refractivity contribution in [2.45, 2.75) is 11.8 Å². The first-order valence-corrected chi connectivity index (χ1v) is 8.32. The summed E-state index contributed by atoms with van der Waals surface area (Å²) in [6, 6.07) is 1.66. The van der Waals surface area contributed by atoms with Gasteiger partial charge in [0.2, 0.25) is 10.0 Å². The van der Waals surface area contributed by atoms with Crippen LogP contribution in [0, 0.1) is 11.6 Å². The molecule has 0 heterocycles. The van der Waals surface area contributed by atoms with E-state index >= 15 is 0 Å². The summed E-state index contributed by atoms with van der Waals surface area (Å²) in [5, 5.41) is 4.11. The van der Waals surface area contributed by atoms with Gasteiger partial charge in [0.25, 0.3) is 5.91 Å². The highest BCUT2D eigenvalue weighted by atomic mass is 32.2. The molecule has 0 saturated carbocycles. The highest BCUT2D eigenvalue weighted by Crippen LogP contribution is 2.17. The summed E-state index contributed by atoms with van der Waals surface area (Å²) in [7, 11) is -4.65. The van der Waals surface area contributed by atoms with E-state index in [-0.39, 0.29) is 6.54 Å². The van der Waals surface area contributed by atoms with E-state index in [0.717, 1.165) is 18.2 Å². The Balaban J connectivity index is 2.53. The molecule has 0 saturated heterocycles. The average Bonchev–Trinajstić information content (AvgIpc) is 2.51. The zero-order chi connectivity index (χ0) is 19.0. The highest BCUT2D eigenvalue weighted by molar-refractivity contribution is 7.89. The number of benzene rings is 1. The van der Waals surface area contributed by atoms with Gasteiger partial charge in [-0.05, 0) is 19.1 Å². The molecule has 12 heteroatoms. The minimum Gasteiger partial charge on any atom is -0.455 e. The lowest BCUT2D eigenvalue weighted by Gasteiger charge is -2.09. The van der Waals surface area contributed by atoms with Crippen molar-refractivity contribution in [3.8, 4) is 0 Å². The Morgan fingerprint density at radius 3 is 2.32 bits per heavy atom. The van der Waals surface area contributed by atoms with Gasteiger partial charge in [0.15, 0.2) is 11.5 Å². The molecule has 0 atom stereocenters. The summed E-state index contributed by atoms with van der Waals surface area (Å²) in [6.45, 7) is 0.0815. The van der Waals surface area contributed by atoms with Crippen molar-refractivity contribution in [3.05, 3.63) is 29.8 Å². The van der Waals surface area contributed by atoms with E-state index in [1.54, 1.807) is 11.6 Å². The summed E-state index contributed by atoms with van der Waals surface area (Å²) in [4.78, 5) is 32.4. The fourth-order valence-corrected chi connectivity index (χ4v) is 2.63. The van der Waals surface area contributed by atoms with E-state index in [2.05, 4.69) is 10.1 Å². The molecular weight excluding hydrogens is 364 g/mol. The predicted molar refractivity (Wildman–Crippen MR) is 79.7 cm³/mol. The summed E-state index contributed by atoms with van der Waals surface area (Å²) < 4.78 is 56.6. The summed E-state index contributed by atoms with van der Waals surface area (Å²) in [5.74, 6) is -4.79. The summed E-state index contributed by atoms with van der Waals surface area (Å²) in [6.07, 6.45) is 0. The SMILES string of the molecule is CCNC(=O)NC(=O)COC(=O)CNS(=O)(=O)c1c(F)cccc1F. The van der Waals surface area contributed by atoms with E-state index < -0.39 is 57.6 Å². The van der Waals surface area contributed by atoms with Gasteiger partial charge in [-0.2, -0.15) is 4.72 Å². The molecule has 0 bridgehead atoms. The molecule has 0 aliphatic carbocycles. The number of carbonyl (C=O) groups is 3. The second kappa shape index (κ2) is 9.03. The van der Waals surface area contributed by atoms with Crippen LogP contribution in [0.15, 0.2) is 23.1 Å².